The zero-order valence-electron chi connectivity index (χ0n) is 11.2. The van der Waals surface area contributed by atoms with Crippen LogP contribution in [0.25, 0.3) is 0 Å². The number of hydrogen-bond acceptors (Lipinski definition) is 3. The van der Waals surface area contributed by atoms with E-state index in [-0.39, 0.29) is 11.9 Å². The van der Waals surface area contributed by atoms with Gasteiger partial charge in [-0.15, -0.1) is 0 Å². The summed E-state index contributed by atoms with van der Waals surface area (Å²) in [5.41, 5.74) is 0.974. The molecule has 100 valence electrons. The monoisotopic (exact) mass is 250 g/mol. The van der Waals surface area contributed by atoms with Crippen LogP contribution in [0.4, 0.5) is 0 Å². The van der Waals surface area contributed by atoms with Gasteiger partial charge in [-0.25, -0.2) is 0 Å². The molecule has 5 nitrogen and oxygen atoms in total. The third kappa shape index (κ3) is 2.90. The zero-order valence-corrected chi connectivity index (χ0v) is 11.2. The molecule has 0 saturated carbocycles. The average molecular weight is 250 g/mol. The minimum atomic E-state index is 0.0421. The predicted molar refractivity (Wildman–Crippen MR) is 69.9 cm³/mol. The number of hydrogen-bond donors (Lipinski definition) is 1. The van der Waals surface area contributed by atoms with Gasteiger partial charge in [0.05, 0.1) is 18.3 Å². The van der Waals surface area contributed by atoms with Crippen LogP contribution >= 0.6 is 0 Å². The molecule has 1 aliphatic rings. The second-order valence-corrected chi connectivity index (χ2v) is 4.94. The van der Waals surface area contributed by atoms with Crippen molar-refractivity contribution in [3.63, 3.8) is 0 Å². The molecule has 18 heavy (non-hydrogen) atoms. The Morgan fingerprint density at radius 2 is 2.28 bits per heavy atom. The molecule has 1 fully saturated rings. The number of rotatable bonds is 5. The standard InChI is InChI=1S/C13H22N4O/c1-3-12(17-8-4-5-9-17)13(18)16(2)10-11-6-7-14-15-11/h6-7,12H,3-5,8-10H2,1-2H3,(H,14,15). The normalized spacial score (nSPS) is 17.9. The molecule has 0 bridgehead atoms. The first kappa shape index (κ1) is 13.1. The van der Waals surface area contributed by atoms with Crippen LogP contribution in [0, 0.1) is 0 Å². The molecule has 1 aromatic rings. The number of nitrogens with zero attached hydrogens (tertiary/aromatic N) is 3. The van der Waals surface area contributed by atoms with Crippen LogP contribution < -0.4 is 0 Å². The van der Waals surface area contributed by atoms with Gasteiger partial charge in [-0.2, -0.15) is 5.10 Å². The minimum absolute atomic E-state index is 0.0421. The Hall–Kier alpha value is -1.36. The zero-order chi connectivity index (χ0) is 13.0. The molecule has 0 aromatic carbocycles. The van der Waals surface area contributed by atoms with E-state index in [4.69, 9.17) is 0 Å². The van der Waals surface area contributed by atoms with E-state index < -0.39 is 0 Å². The molecular weight excluding hydrogens is 228 g/mol. The Morgan fingerprint density at radius 1 is 1.56 bits per heavy atom. The smallest absolute Gasteiger partial charge is 0.240 e. The summed E-state index contributed by atoms with van der Waals surface area (Å²) in [6, 6.07) is 1.95. The highest BCUT2D eigenvalue weighted by Crippen LogP contribution is 2.16. The third-order valence-electron chi connectivity index (χ3n) is 3.60. The van der Waals surface area contributed by atoms with Gasteiger partial charge in [-0.1, -0.05) is 6.92 Å². The summed E-state index contributed by atoms with van der Waals surface area (Å²) in [6.45, 7) is 4.80. The summed E-state index contributed by atoms with van der Waals surface area (Å²) in [5, 5.41) is 6.80. The molecule has 1 unspecified atom stereocenters. The maximum absolute atomic E-state index is 12.4. The Morgan fingerprint density at radius 3 is 2.83 bits per heavy atom. The SMILES string of the molecule is CCC(C(=O)N(C)Cc1ccn[nH]1)N1CCCC1. The van der Waals surface area contributed by atoms with Crippen LogP contribution in [0.3, 0.4) is 0 Å². The van der Waals surface area contributed by atoms with Crippen LogP contribution in [0.5, 0.6) is 0 Å². The highest BCUT2D eigenvalue weighted by Gasteiger charge is 2.28. The highest BCUT2D eigenvalue weighted by atomic mass is 16.2. The van der Waals surface area contributed by atoms with Crippen molar-refractivity contribution in [1.29, 1.82) is 0 Å². The van der Waals surface area contributed by atoms with E-state index in [1.807, 2.05) is 13.1 Å². The number of likely N-dealkylation sites (tertiary alicyclic amines) is 1. The molecule has 1 amide bonds. The number of amides is 1. The molecule has 0 radical (unpaired) electrons. The van der Waals surface area contributed by atoms with Crippen LogP contribution in [-0.4, -0.2) is 52.1 Å². The maximum atomic E-state index is 12.4. The van der Waals surface area contributed by atoms with Crippen molar-refractivity contribution in [1.82, 2.24) is 20.0 Å². The second-order valence-electron chi connectivity index (χ2n) is 4.94. The van der Waals surface area contributed by atoms with E-state index in [1.54, 1.807) is 11.1 Å². The fourth-order valence-electron chi connectivity index (χ4n) is 2.60. The summed E-state index contributed by atoms with van der Waals surface area (Å²) in [4.78, 5) is 16.5. The van der Waals surface area contributed by atoms with Gasteiger partial charge in [0.1, 0.15) is 0 Å². The first-order valence-electron chi connectivity index (χ1n) is 6.69. The third-order valence-corrected chi connectivity index (χ3v) is 3.60. The molecule has 1 N–H and O–H groups in total. The molecule has 1 saturated heterocycles. The van der Waals surface area contributed by atoms with Crippen LogP contribution in [0.1, 0.15) is 31.9 Å². The summed E-state index contributed by atoms with van der Waals surface area (Å²) in [7, 11) is 1.86. The Labute approximate surface area is 108 Å². The lowest BCUT2D eigenvalue weighted by Crippen LogP contribution is -2.45. The first-order chi connectivity index (χ1) is 8.72. The van der Waals surface area contributed by atoms with E-state index in [9.17, 15) is 4.79 Å². The van der Waals surface area contributed by atoms with Crippen molar-refractivity contribution in [3.8, 4) is 0 Å². The number of carbonyl (C=O) groups is 1. The van der Waals surface area contributed by atoms with Gasteiger partial charge in [0, 0.05) is 13.2 Å². The fraction of sp³-hybridized carbons (Fsp3) is 0.692. The fourth-order valence-corrected chi connectivity index (χ4v) is 2.60. The number of aromatic nitrogens is 2. The van der Waals surface area contributed by atoms with Crippen molar-refractivity contribution in [2.45, 2.75) is 38.8 Å². The lowest BCUT2D eigenvalue weighted by atomic mass is 10.1. The first-order valence-corrected chi connectivity index (χ1v) is 6.69. The number of aromatic amines is 1. The molecule has 0 aliphatic carbocycles. The van der Waals surface area contributed by atoms with Gasteiger partial charge >= 0.3 is 0 Å². The Kier molecular flexibility index (Phi) is 4.36. The summed E-state index contributed by atoms with van der Waals surface area (Å²) in [5.74, 6) is 0.217. The maximum Gasteiger partial charge on any atom is 0.240 e. The topological polar surface area (TPSA) is 52.2 Å². The van der Waals surface area contributed by atoms with Gasteiger partial charge in [-0.05, 0) is 38.4 Å². The minimum Gasteiger partial charge on any atom is -0.339 e. The van der Waals surface area contributed by atoms with Gasteiger partial charge in [0.2, 0.25) is 5.91 Å². The lowest BCUT2D eigenvalue weighted by Gasteiger charge is -2.29. The molecule has 0 spiro atoms. The van der Waals surface area contributed by atoms with Crippen LogP contribution in [0.2, 0.25) is 0 Å². The molecule has 2 heterocycles. The van der Waals surface area contributed by atoms with E-state index in [0.29, 0.717) is 6.54 Å². The van der Waals surface area contributed by atoms with Crippen molar-refractivity contribution >= 4 is 5.91 Å². The van der Waals surface area contributed by atoms with Gasteiger partial charge < -0.3 is 4.90 Å². The highest BCUT2D eigenvalue weighted by molar-refractivity contribution is 5.81. The van der Waals surface area contributed by atoms with E-state index in [0.717, 1.165) is 25.2 Å². The number of carbonyl (C=O) groups excluding carboxylic acids is 1. The van der Waals surface area contributed by atoms with Gasteiger partial charge in [-0.3, -0.25) is 14.8 Å². The number of nitrogens with one attached hydrogen (secondary N) is 1. The van der Waals surface area contributed by atoms with E-state index in [1.165, 1.54) is 12.8 Å². The van der Waals surface area contributed by atoms with Gasteiger partial charge in [0.25, 0.3) is 0 Å². The molecular formula is C13H22N4O. The van der Waals surface area contributed by atoms with Crippen LogP contribution in [-0.2, 0) is 11.3 Å². The van der Waals surface area contributed by atoms with Gasteiger partial charge in [0.15, 0.2) is 0 Å². The van der Waals surface area contributed by atoms with Crippen molar-refractivity contribution in [3.05, 3.63) is 18.0 Å². The average Bonchev–Trinajstić information content (AvgIpc) is 3.02. The van der Waals surface area contributed by atoms with Crippen LogP contribution in [0.15, 0.2) is 12.3 Å². The summed E-state index contributed by atoms with van der Waals surface area (Å²) in [6.07, 6.45) is 5.03. The number of likely N-dealkylation sites (N-methyl/N-ethyl adjacent to an activating group) is 1. The Bertz CT molecular complexity index is 370. The second kappa shape index (κ2) is 6.00. The van der Waals surface area contributed by atoms with E-state index in [2.05, 4.69) is 22.0 Å². The van der Waals surface area contributed by atoms with Crippen molar-refractivity contribution in [2.24, 2.45) is 0 Å². The Balaban J connectivity index is 1.95. The number of H-pyrrole nitrogens is 1. The van der Waals surface area contributed by atoms with Crippen molar-refractivity contribution in [2.75, 3.05) is 20.1 Å². The van der Waals surface area contributed by atoms with Crippen molar-refractivity contribution < 1.29 is 4.79 Å². The molecule has 1 atom stereocenters. The molecule has 1 aromatic heterocycles. The predicted octanol–water partition coefficient (Wildman–Crippen LogP) is 1.24. The summed E-state index contributed by atoms with van der Waals surface area (Å²) < 4.78 is 0. The molecule has 1 aliphatic heterocycles. The lowest BCUT2D eigenvalue weighted by molar-refractivity contribution is -0.136. The molecule has 5 heteroatoms. The quantitative estimate of drug-likeness (QED) is 0.855. The largest absolute Gasteiger partial charge is 0.339 e. The van der Waals surface area contributed by atoms with E-state index >= 15 is 0 Å². The molecule has 2 rings (SSSR count). The summed E-state index contributed by atoms with van der Waals surface area (Å²) >= 11 is 0.